The van der Waals surface area contributed by atoms with E-state index >= 15 is 0 Å². The van der Waals surface area contributed by atoms with E-state index in [9.17, 15) is 9.59 Å². The summed E-state index contributed by atoms with van der Waals surface area (Å²) in [5.41, 5.74) is 0.698. The van der Waals surface area contributed by atoms with Crippen molar-refractivity contribution in [3.63, 3.8) is 0 Å². The second-order valence-corrected chi connectivity index (χ2v) is 6.66. The summed E-state index contributed by atoms with van der Waals surface area (Å²) in [6.07, 6.45) is 4.25. The first kappa shape index (κ1) is 16.5. The number of carbonyl (C=O) groups is 1. The van der Waals surface area contributed by atoms with E-state index in [4.69, 9.17) is 0 Å². The molecule has 1 fully saturated rings. The molecule has 128 valence electrons. The number of aromatic nitrogens is 2. The lowest BCUT2D eigenvalue weighted by molar-refractivity contribution is 0.238. The average Bonchev–Trinajstić information content (AvgIpc) is 3.08. The van der Waals surface area contributed by atoms with E-state index in [0.29, 0.717) is 11.9 Å². The van der Waals surface area contributed by atoms with Gasteiger partial charge in [-0.1, -0.05) is 31.0 Å². The molecule has 1 aromatic carbocycles. The van der Waals surface area contributed by atoms with E-state index < -0.39 is 0 Å². The maximum Gasteiger partial charge on any atom is 0.315 e. The topological polar surface area (TPSA) is 76.0 Å². The number of carbonyl (C=O) groups excluding carboxylic acids is 1. The number of nitrogens with zero attached hydrogens (tertiary/aromatic N) is 2. The van der Waals surface area contributed by atoms with Crippen LogP contribution < -0.4 is 16.2 Å². The fraction of sp³-hybridized carbons (Fsp3) is 0.500. The molecule has 3 rings (SSSR count). The molecular weight excluding hydrogens is 304 g/mol. The maximum absolute atomic E-state index is 12.8. The van der Waals surface area contributed by atoms with Crippen molar-refractivity contribution < 1.29 is 4.79 Å². The van der Waals surface area contributed by atoms with Crippen molar-refractivity contribution in [3.8, 4) is 0 Å². The minimum Gasteiger partial charge on any atom is -0.336 e. The second-order valence-electron chi connectivity index (χ2n) is 6.66. The summed E-state index contributed by atoms with van der Waals surface area (Å²) in [6.45, 7) is 4.12. The molecule has 1 aliphatic rings. The fourth-order valence-corrected chi connectivity index (χ4v) is 3.28. The maximum atomic E-state index is 12.8. The number of rotatable bonds is 4. The van der Waals surface area contributed by atoms with Crippen molar-refractivity contribution in [1.29, 1.82) is 0 Å². The van der Waals surface area contributed by atoms with Crippen molar-refractivity contribution >= 4 is 16.8 Å². The number of benzene rings is 1. The first-order chi connectivity index (χ1) is 11.6. The summed E-state index contributed by atoms with van der Waals surface area (Å²) in [5, 5.41) is 11.7. The Labute approximate surface area is 141 Å². The predicted molar refractivity (Wildman–Crippen MR) is 94.0 cm³/mol. The molecule has 1 aliphatic carbocycles. The fourth-order valence-electron chi connectivity index (χ4n) is 3.28. The number of fused-ring (bicyclic) bond motifs is 1. The minimum atomic E-state index is -0.227. The van der Waals surface area contributed by atoms with Gasteiger partial charge in [-0.2, -0.15) is 5.10 Å². The summed E-state index contributed by atoms with van der Waals surface area (Å²) < 4.78 is 1.63. The van der Waals surface area contributed by atoms with Crippen LogP contribution in [-0.4, -0.2) is 21.9 Å². The molecule has 0 saturated heterocycles. The molecule has 1 heterocycles. The molecule has 0 aliphatic heterocycles. The van der Waals surface area contributed by atoms with Crippen LogP contribution in [0.15, 0.2) is 29.1 Å². The molecule has 1 saturated carbocycles. The largest absolute Gasteiger partial charge is 0.336 e. The molecule has 2 amide bonds. The molecule has 6 nitrogen and oxygen atoms in total. The van der Waals surface area contributed by atoms with Gasteiger partial charge in [0.25, 0.3) is 5.56 Å². The highest BCUT2D eigenvalue weighted by Gasteiger charge is 2.21. The van der Waals surface area contributed by atoms with Crippen LogP contribution in [0.4, 0.5) is 4.79 Å². The van der Waals surface area contributed by atoms with Gasteiger partial charge in [-0.05, 0) is 32.8 Å². The third-order valence-corrected chi connectivity index (χ3v) is 4.41. The Morgan fingerprint density at radius 1 is 1.25 bits per heavy atom. The van der Waals surface area contributed by atoms with Crippen LogP contribution >= 0.6 is 0 Å². The quantitative estimate of drug-likeness (QED) is 0.906. The number of hydrogen-bond donors (Lipinski definition) is 2. The highest BCUT2D eigenvalue weighted by Crippen LogP contribution is 2.28. The van der Waals surface area contributed by atoms with Gasteiger partial charge in [0.05, 0.1) is 23.7 Å². The molecule has 1 aromatic heterocycles. The van der Waals surface area contributed by atoms with Crippen molar-refractivity contribution in [1.82, 2.24) is 20.4 Å². The van der Waals surface area contributed by atoms with Crippen LogP contribution in [0.1, 0.15) is 51.3 Å². The zero-order valence-corrected chi connectivity index (χ0v) is 14.2. The lowest BCUT2D eigenvalue weighted by Crippen LogP contribution is -2.39. The summed E-state index contributed by atoms with van der Waals surface area (Å²) in [6, 6.07) is 7.50. The highest BCUT2D eigenvalue weighted by molar-refractivity contribution is 5.84. The van der Waals surface area contributed by atoms with E-state index in [1.54, 1.807) is 4.68 Å². The van der Waals surface area contributed by atoms with Gasteiger partial charge in [0.1, 0.15) is 0 Å². The standard InChI is InChI=1S/C18H24N4O2/c1-12(2)20-18(24)19-11-16-14-9-5-6-10-15(14)17(23)22(21-16)13-7-3-4-8-13/h5-6,9-10,12-13H,3-4,7-8,11H2,1-2H3,(H2,19,20,24). The van der Waals surface area contributed by atoms with Gasteiger partial charge in [-0.25, -0.2) is 9.48 Å². The Balaban J connectivity index is 1.95. The smallest absolute Gasteiger partial charge is 0.315 e. The summed E-state index contributed by atoms with van der Waals surface area (Å²) >= 11 is 0. The van der Waals surface area contributed by atoms with E-state index in [-0.39, 0.29) is 23.7 Å². The SMILES string of the molecule is CC(C)NC(=O)NCc1nn(C2CCCC2)c(=O)c2ccccc12. The molecule has 2 aromatic rings. The molecule has 0 spiro atoms. The van der Waals surface area contributed by atoms with Gasteiger partial charge >= 0.3 is 6.03 Å². The van der Waals surface area contributed by atoms with Gasteiger partial charge < -0.3 is 10.6 Å². The van der Waals surface area contributed by atoms with Crippen molar-refractivity contribution in [2.24, 2.45) is 0 Å². The van der Waals surface area contributed by atoms with Crippen LogP contribution in [0.25, 0.3) is 10.8 Å². The minimum absolute atomic E-state index is 0.0344. The lowest BCUT2D eigenvalue weighted by atomic mass is 10.1. The third-order valence-electron chi connectivity index (χ3n) is 4.41. The normalized spacial score (nSPS) is 15.1. The van der Waals surface area contributed by atoms with Gasteiger partial charge in [0.2, 0.25) is 0 Å². The molecule has 2 N–H and O–H groups in total. The molecule has 6 heteroatoms. The van der Waals surface area contributed by atoms with Gasteiger partial charge in [-0.3, -0.25) is 4.79 Å². The Bertz CT molecular complexity index is 791. The van der Waals surface area contributed by atoms with E-state index in [1.165, 1.54) is 0 Å². The van der Waals surface area contributed by atoms with E-state index in [1.807, 2.05) is 38.1 Å². The van der Waals surface area contributed by atoms with Gasteiger partial charge in [-0.15, -0.1) is 0 Å². The Kier molecular flexibility index (Phi) is 4.83. The second kappa shape index (κ2) is 7.03. The van der Waals surface area contributed by atoms with E-state index in [2.05, 4.69) is 15.7 Å². The van der Waals surface area contributed by atoms with Crippen LogP contribution in [0, 0.1) is 0 Å². The summed E-state index contributed by atoms with van der Waals surface area (Å²) in [4.78, 5) is 24.6. The third kappa shape index (κ3) is 3.42. The molecular formula is C18H24N4O2. The summed E-state index contributed by atoms with van der Waals surface area (Å²) in [5.74, 6) is 0. The van der Waals surface area contributed by atoms with Gasteiger partial charge in [0, 0.05) is 11.4 Å². The van der Waals surface area contributed by atoms with E-state index in [0.717, 1.165) is 36.8 Å². The molecule has 24 heavy (non-hydrogen) atoms. The van der Waals surface area contributed by atoms with Gasteiger partial charge in [0.15, 0.2) is 0 Å². The van der Waals surface area contributed by atoms with Crippen LogP contribution in [0.5, 0.6) is 0 Å². The molecule has 0 bridgehead atoms. The number of hydrogen-bond acceptors (Lipinski definition) is 3. The first-order valence-electron chi connectivity index (χ1n) is 8.61. The summed E-state index contributed by atoms with van der Waals surface area (Å²) in [7, 11) is 0. The molecule has 0 unspecified atom stereocenters. The van der Waals surface area contributed by atoms with Crippen molar-refractivity contribution in [2.45, 2.75) is 58.2 Å². The number of nitrogens with one attached hydrogen (secondary N) is 2. The average molecular weight is 328 g/mol. The molecule has 0 atom stereocenters. The lowest BCUT2D eigenvalue weighted by Gasteiger charge is -2.16. The van der Waals surface area contributed by atoms with Crippen molar-refractivity contribution in [3.05, 3.63) is 40.3 Å². The Morgan fingerprint density at radius 2 is 1.92 bits per heavy atom. The van der Waals surface area contributed by atoms with Crippen molar-refractivity contribution in [2.75, 3.05) is 0 Å². The monoisotopic (exact) mass is 328 g/mol. The Morgan fingerprint density at radius 3 is 2.58 bits per heavy atom. The number of urea groups is 1. The zero-order valence-electron chi connectivity index (χ0n) is 14.2. The highest BCUT2D eigenvalue weighted by atomic mass is 16.2. The number of amides is 2. The first-order valence-corrected chi connectivity index (χ1v) is 8.61. The van der Waals surface area contributed by atoms with Crippen LogP contribution in [0.2, 0.25) is 0 Å². The predicted octanol–water partition coefficient (Wildman–Crippen LogP) is 2.72. The van der Waals surface area contributed by atoms with Crippen LogP contribution in [0.3, 0.4) is 0 Å². The zero-order chi connectivity index (χ0) is 17.1. The van der Waals surface area contributed by atoms with Crippen LogP contribution in [-0.2, 0) is 6.54 Å². The molecule has 0 radical (unpaired) electrons. The Hall–Kier alpha value is -2.37.